The molecule has 0 N–H and O–H groups in total. The summed E-state index contributed by atoms with van der Waals surface area (Å²) in [5, 5.41) is 9.41. The second kappa shape index (κ2) is 11.2. The number of sulfonamides is 1. The molecule has 1 unspecified atom stereocenters. The lowest BCUT2D eigenvalue weighted by molar-refractivity contribution is -0.122. The first-order valence-corrected chi connectivity index (χ1v) is 13.4. The van der Waals surface area contributed by atoms with E-state index in [4.69, 9.17) is 26.3 Å². The Bertz CT molecular complexity index is 1500. The molecule has 3 aromatic rings. The zero-order valence-electron chi connectivity index (χ0n) is 20.6. The van der Waals surface area contributed by atoms with E-state index in [1.54, 1.807) is 18.2 Å². The van der Waals surface area contributed by atoms with Gasteiger partial charge in [0.1, 0.15) is 6.04 Å². The summed E-state index contributed by atoms with van der Waals surface area (Å²) in [4.78, 5) is 27.4. The van der Waals surface area contributed by atoms with Gasteiger partial charge in [0.15, 0.2) is 11.5 Å². The normalized spacial score (nSPS) is 15.6. The fourth-order valence-corrected chi connectivity index (χ4v) is 5.97. The van der Waals surface area contributed by atoms with Crippen LogP contribution in [0.5, 0.6) is 11.5 Å². The van der Waals surface area contributed by atoms with Crippen molar-refractivity contribution in [3.05, 3.63) is 82.9 Å². The van der Waals surface area contributed by atoms with Crippen LogP contribution < -0.4 is 14.4 Å². The van der Waals surface area contributed by atoms with Crippen LogP contribution in [0.15, 0.2) is 71.6 Å². The molecule has 0 spiro atoms. The molecule has 196 valence electrons. The Balaban J connectivity index is 1.69. The summed E-state index contributed by atoms with van der Waals surface area (Å²) in [5.41, 5.74) is 1.39. The topological polar surface area (TPSA) is 117 Å². The van der Waals surface area contributed by atoms with E-state index in [9.17, 15) is 18.0 Å². The van der Waals surface area contributed by atoms with E-state index < -0.39 is 27.9 Å². The highest BCUT2D eigenvalue weighted by molar-refractivity contribution is 7.89. The highest BCUT2D eigenvalue weighted by Gasteiger charge is 2.46. The number of carbonyl (C=O) groups excluding carboxylic acids is 2. The first-order chi connectivity index (χ1) is 18.2. The number of nitriles is 1. The van der Waals surface area contributed by atoms with Crippen molar-refractivity contribution in [2.75, 3.05) is 25.7 Å². The third-order valence-electron chi connectivity index (χ3n) is 6.21. The first-order valence-electron chi connectivity index (χ1n) is 11.5. The first kappa shape index (κ1) is 27.1. The summed E-state index contributed by atoms with van der Waals surface area (Å²) in [6.45, 7) is -0.0780. The van der Waals surface area contributed by atoms with Gasteiger partial charge < -0.3 is 9.47 Å². The second-order valence-electron chi connectivity index (χ2n) is 8.45. The smallest absolute Gasteiger partial charge is 0.252 e. The average Bonchev–Trinajstić information content (AvgIpc) is 3.21. The fourth-order valence-electron chi connectivity index (χ4n) is 4.26. The van der Waals surface area contributed by atoms with E-state index in [0.29, 0.717) is 22.1 Å². The van der Waals surface area contributed by atoms with Crippen LogP contribution in [0, 0.1) is 11.3 Å². The van der Waals surface area contributed by atoms with Gasteiger partial charge in [-0.1, -0.05) is 17.7 Å². The molecular formula is C27H24ClN3O6S. The van der Waals surface area contributed by atoms with Crippen molar-refractivity contribution in [1.82, 2.24) is 4.31 Å². The minimum absolute atomic E-state index is 0.0497. The van der Waals surface area contributed by atoms with Gasteiger partial charge in [0.25, 0.3) is 5.91 Å². The minimum Gasteiger partial charge on any atom is -0.493 e. The Kier molecular flexibility index (Phi) is 8.02. The summed E-state index contributed by atoms with van der Waals surface area (Å²) in [7, 11) is -1.18. The number of benzene rings is 3. The predicted octanol–water partition coefficient (Wildman–Crippen LogP) is 3.79. The Hall–Kier alpha value is -3.91. The highest BCUT2D eigenvalue weighted by Crippen LogP contribution is 2.31. The largest absolute Gasteiger partial charge is 0.493 e. The summed E-state index contributed by atoms with van der Waals surface area (Å²) < 4.78 is 39.2. The number of anilines is 1. The molecule has 1 atom stereocenters. The zero-order chi connectivity index (χ0) is 27.4. The van der Waals surface area contributed by atoms with Crippen molar-refractivity contribution < 1.29 is 27.5 Å². The van der Waals surface area contributed by atoms with E-state index in [2.05, 4.69) is 0 Å². The molecule has 4 rings (SSSR count). The molecule has 38 heavy (non-hydrogen) atoms. The van der Waals surface area contributed by atoms with Gasteiger partial charge in [0.2, 0.25) is 15.9 Å². The van der Waals surface area contributed by atoms with Gasteiger partial charge in [0, 0.05) is 11.6 Å². The lowest BCUT2D eigenvalue weighted by Crippen LogP contribution is -2.46. The van der Waals surface area contributed by atoms with Crippen molar-refractivity contribution in [3.63, 3.8) is 0 Å². The number of nitrogens with zero attached hydrogens (tertiary/aromatic N) is 3. The number of amides is 2. The van der Waals surface area contributed by atoms with Gasteiger partial charge in [-0.05, 0) is 72.6 Å². The number of hydrogen-bond donors (Lipinski definition) is 0. The van der Waals surface area contributed by atoms with Crippen molar-refractivity contribution in [3.8, 4) is 17.6 Å². The predicted molar refractivity (Wildman–Crippen MR) is 141 cm³/mol. The SMILES string of the molecule is COc1ccc(CCN(C2CC(=O)N(c3ccc(C#N)cc3)C2=O)S(=O)(=O)c2ccc(Cl)cc2)cc1OC. The molecule has 0 saturated carbocycles. The van der Waals surface area contributed by atoms with E-state index in [-0.39, 0.29) is 30.0 Å². The lowest BCUT2D eigenvalue weighted by atomic mass is 10.1. The molecule has 1 aliphatic rings. The maximum atomic E-state index is 13.8. The molecule has 2 amide bonds. The van der Waals surface area contributed by atoms with Gasteiger partial charge >= 0.3 is 0 Å². The minimum atomic E-state index is -4.20. The number of imide groups is 1. The molecule has 3 aromatic carbocycles. The molecule has 9 nitrogen and oxygen atoms in total. The quantitative estimate of drug-likeness (QED) is 0.370. The fraction of sp³-hybridized carbons (Fsp3) is 0.222. The van der Waals surface area contributed by atoms with Gasteiger partial charge in [-0.25, -0.2) is 13.3 Å². The monoisotopic (exact) mass is 553 g/mol. The summed E-state index contributed by atoms with van der Waals surface area (Å²) in [5.74, 6) is -0.190. The van der Waals surface area contributed by atoms with Crippen LogP contribution in [0.25, 0.3) is 0 Å². The Morgan fingerprint density at radius 3 is 2.26 bits per heavy atom. The van der Waals surface area contributed by atoms with Gasteiger partial charge in [-0.2, -0.15) is 9.57 Å². The maximum Gasteiger partial charge on any atom is 0.252 e. The molecule has 0 aliphatic carbocycles. The van der Waals surface area contributed by atoms with Crippen LogP contribution in [0.4, 0.5) is 5.69 Å². The van der Waals surface area contributed by atoms with Crippen molar-refractivity contribution in [2.24, 2.45) is 0 Å². The number of hydrogen-bond acceptors (Lipinski definition) is 7. The van der Waals surface area contributed by atoms with Crippen LogP contribution in [-0.4, -0.2) is 51.3 Å². The van der Waals surface area contributed by atoms with Crippen molar-refractivity contribution in [2.45, 2.75) is 23.8 Å². The van der Waals surface area contributed by atoms with Crippen LogP contribution in [0.1, 0.15) is 17.5 Å². The van der Waals surface area contributed by atoms with E-state index >= 15 is 0 Å². The molecule has 11 heteroatoms. The van der Waals surface area contributed by atoms with Crippen LogP contribution in [0.3, 0.4) is 0 Å². The molecule has 1 saturated heterocycles. The molecule has 1 heterocycles. The second-order valence-corrected chi connectivity index (χ2v) is 10.8. The summed E-state index contributed by atoms with van der Waals surface area (Å²) in [6.07, 6.45) is -0.0837. The van der Waals surface area contributed by atoms with Crippen molar-refractivity contribution in [1.29, 1.82) is 5.26 Å². The van der Waals surface area contributed by atoms with E-state index in [1.807, 2.05) is 6.07 Å². The Morgan fingerprint density at radius 2 is 1.66 bits per heavy atom. The number of halogens is 1. The van der Waals surface area contributed by atoms with E-state index in [1.165, 1.54) is 62.8 Å². The molecule has 0 aromatic heterocycles. The third kappa shape index (κ3) is 5.36. The van der Waals surface area contributed by atoms with Crippen molar-refractivity contribution >= 4 is 39.1 Å². The van der Waals surface area contributed by atoms with Crippen LogP contribution in [-0.2, 0) is 26.0 Å². The summed E-state index contributed by atoms with van der Waals surface area (Å²) in [6, 6.07) is 17.5. The maximum absolute atomic E-state index is 13.8. The average molecular weight is 554 g/mol. The number of rotatable bonds is 9. The zero-order valence-corrected chi connectivity index (χ0v) is 22.2. The molecule has 0 radical (unpaired) electrons. The Labute approximate surface area is 225 Å². The Morgan fingerprint density at radius 1 is 1.00 bits per heavy atom. The summed E-state index contributed by atoms with van der Waals surface area (Å²) >= 11 is 5.96. The number of methoxy groups -OCH3 is 2. The van der Waals surface area contributed by atoms with Gasteiger partial charge in [-0.15, -0.1) is 0 Å². The molecule has 1 aliphatic heterocycles. The van der Waals surface area contributed by atoms with Crippen LogP contribution in [0.2, 0.25) is 5.02 Å². The van der Waals surface area contributed by atoms with Gasteiger partial charge in [-0.3, -0.25) is 9.59 Å². The standard InChI is InChI=1S/C27H24ClN3O6S/c1-36-24-12-5-18(15-25(24)37-2)13-14-30(38(34,35)22-10-6-20(28)7-11-22)23-16-26(32)31(27(23)33)21-8-3-19(17-29)4-9-21/h3-12,15,23H,13-14,16H2,1-2H3. The highest BCUT2D eigenvalue weighted by atomic mass is 35.5. The molecular weight excluding hydrogens is 530 g/mol. The van der Waals surface area contributed by atoms with Gasteiger partial charge in [0.05, 0.1) is 42.9 Å². The van der Waals surface area contributed by atoms with Crippen LogP contribution >= 0.6 is 11.6 Å². The van der Waals surface area contributed by atoms with E-state index in [0.717, 1.165) is 14.8 Å². The lowest BCUT2D eigenvalue weighted by Gasteiger charge is -2.27. The molecule has 1 fully saturated rings. The third-order valence-corrected chi connectivity index (χ3v) is 8.39. The number of carbonyl (C=O) groups is 2. The number of ether oxygens (including phenoxy) is 2. The molecule has 0 bridgehead atoms.